The first kappa shape index (κ1) is 16.5. The van der Waals surface area contributed by atoms with Crippen LogP contribution in [0.2, 0.25) is 0 Å². The third kappa shape index (κ3) is 3.95. The van der Waals surface area contributed by atoms with E-state index in [-0.39, 0.29) is 17.4 Å². The molecule has 1 unspecified atom stereocenters. The largest absolute Gasteiger partial charge is 0.466 e. The van der Waals surface area contributed by atoms with E-state index < -0.39 is 5.92 Å². The number of carbonyl (C=O) groups is 2. The molecule has 0 heterocycles. The van der Waals surface area contributed by atoms with Crippen molar-refractivity contribution in [3.63, 3.8) is 0 Å². The second kappa shape index (κ2) is 6.73. The minimum Gasteiger partial charge on any atom is -0.466 e. The maximum Gasteiger partial charge on any atom is 0.334 e. The van der Waals surface area contributed by atoms with Crippen LogP contribution in [0.3, 0.4) is 0 Å². The van der Waals surface area contributed by atoms with Crippen molar-refractivity contribution in [3.05, 3.63) is 23.3 Å². The SMILES string of the molecule is CCOC(=O)C1=CC(C(=O)OCC)C(C)(C)C=C(C)C1. The molecule has 4 nitrogen and oxygen atoms in total. The highest BCUT2D eigenvalue weighted by molar-refractivity contribution is 5.90. The zero-order valence-electron chi connectivity index (χ0n) is 13.0. The summed E-state index contributed by atoms with van der Waals surface area (Å²) >= 11 is 0. The topological polar surface area (TPSA) is 52.6 Å². The Morgan fingerprint density at radius 1 is 1.25 bits per heavy atom. The van der Waals surface area contributed by atoms with Gasteiger partial charge in [-0.05, 0) is 32.6 Å². The molecule has 0 bridgehead atoms. The predicted octanol–water partition coefficient (Wildman–Crippen LogP) is 3.03. The molecule has 1 atom stereocenters. The number of allylic oxidation sites excluding steroid dienone is 2. The maximum absolute atomic E-state index is 12.2. The molecule has 4 heteroatoms. The molecule has 1 aliphatic rings. The van der Waals surface area contributed by atoms with Gasteiger partial charge in [0.25, 0.3) is 0 Å². The number of esters is 2. The zero-order valence-corrected chi connectivity index (χ0v) is 13.0. The second-order valence-corrected chi connectivity index (χ2v) is 5.63. The van der Waals surface area contributed by atoms with E-state index in [0.29, 0.717) is 25.2 Å². The highest BCUT2D eigenvalue weighted by Gasteiger charge is 2.36. The summed E-state index contributed by atoms with van der Waals surface area (Å²) in [6, 6.07) is 0. The van der Waals surface area contributed by atoms with E-state index in [0.717, 1.165) is 5.57 Å². The van der Waals surface area contributed by atoms with Gasteiger partial charge in [0.2, 0.25) is 0 Å². The van der Waals surface area contributed by atoms with Crippen molar-refractivity contribution < 1.29 is 19.1 Å². The fraction of sp³-hybridized carbons (Fsp3) is 0.625. The van der Waals surface area contributed by atoms with Crippen LogP contribution < -0.4 is 0 Å². The third-order valence-electron chi connectivity index (χ3n) is 3.34. The normalized spacial score (nSPS) is 21.4. The van der Waals surface area contributed by atoms with Crippen molar-refractivity contribution in [1.29, 1.82) is 0 Å². The first-order chi connectivity index (χ1) is 9.31. The molecule has 1 aliphatic carbocycles. The summed E-state index contributed by atoms with van der Waals surface area (Å²) in [6.07, 6.45) is 4.26. The molecule has 0 aromatic heterocycles. The Hall–Kier alpha value is -1.58. The Morgan fingerprint density at radius 2 is 1.85 bits per heavy atom. The number of rotatable bonds is 4. The smallest absolute Gasteiger partial charge is 0.334 e. The number of hydrogen-bond donors (Lipinski definition) is 0. The third-order valence-corrected chi connectivity index (χ3v) is 3.34. The highest BCUT2D eigenvalue weighted by Crippen LogP contribution is 2.37. The van der Waals surface area contributed by atoms with Gasteiger partial charge in [0.05, 0.1) is 19.1 Å². The van der Waals surface area contributed by atoms with Gasteiger partial charge in [0.15, 0.2) is 0 Å². The van der Waals surface area contributed by atoms with E-state index in [2.05, 4.69) is 0 Å². The number of carbonyl (C=O) groups excluding carboxylic acids is 2. The van der Waals surface area contributed by atoms with E-state index in [1.165, 1.54) is 0 Å². The standard InChI is InChI=1S/C16H24O4/c1-6-19-14(17)12-8-11(3)10-16(4,5)13(9-12)15(18)20-7-2/h9-10,13H,6-8H2,1-5H3. The molecule has 0 aromatic rings. The quantitative estimate of drug-likeness (QED) is 0.586. The lowest BCUT2D eigenvalue weighted by atomic mass is 9.78. The highest BCUT2D eigenvalue weighted by atomic mass is 16.5. The molecule has 0 saturated heterocycles. The van der Waals surface area contributed by atoms with Gasteiger partial charge >= 0.3 is 11.9 Å². The summed E-state index contributed by atoms with van der Waals surface area (Å²) in [5.41, 5.74) is 1.20. The Bertz CT molecular complexity index is 443. The van der Waals surface area contributed by atoms with Crippen LogP contribution in [0.4, 0.5) is 0 Å². The van der Waals surface area contributed by atoms with Gasteiger partial charge in [0.1, 0.15) is 0 Å². The molecule has 0 spiro atoms. The van der Waals surface area contributed by atoms with Gasteiger partial charge < -0.3 is 9.47 Å². The lowest BCUT2D eigenvalue weighted by Gasteiger charge is -2.27. The summed E-state index contributed by atoms with van der Waals surface area (Å²) in [4.78, 5) is 24.1. The minimum absolute atomic E-state index is 0.301. The van der Waals surface area contributed by atoms with Crippen LogP contribution in [-0.4, -0.2) is 25.2 Å². The molecule has 0 amide bonds. The minimum atomic E-state index is -0.473. The molecule has 0 fully saturated rings. The average molecular weight is 280 g/mol. The van der Waals surface area contributed by atoms with E-state index in [9.17, 15) is 9.59 Å². The van der Waals surface area contributed by atoms with Gasteiger partial charge in [-0.2, -0.15) is 0 Å². The van der Waals surface area contributed by atoms with Crippen LogP contribution in [0, 0.1) is 11.3 Å². The summed E-state index contributed by atoms with van der Waals surface area (Å²) < 4.78 is 10.2. The molecule has 112 valence electrons. The van der Waals surface area contributed by atoms with Crippen molar-refractivity contribution in [2.24, 2.45) is 11.3 Å². The van der Waals surface area contributed by atoms with Crippen LogP contribution in [0.25, 0.3) is 0 Å². The lowest BCUT2D eigenvalue weighted by molar-refractivity contribution is -0.148. The maximum atomic E-state index is 12.2. The van der Waals surface area contributed by atoms with Crippen LogP contribution in [0.15, 0.2) is 23.3 Å². The van der Waals surface area contributed by atoms with Gasteiger partial charge in [-0.25, -0.2) is 4.79 Å². The van der Waals surface area contributed by atoms with E-state index in [1.54, 1.807) is 19.9 Å². The second-order valence-electron chi connectivity index (χ2n) is 5.63. The molecule has 0 aromatic carbocycles. The first-order valence-electron chi connectivity index (χ1n) is 7.04. The number of hydrogen-bond acceptors (Lipinski definition) is 4. The number of ether oxygens (including phenoxy) is 2. The molecule has 0 saturated carbocycles. The van der Waals surface area contributed by atoms with Crippen molar-refractivity contribution in [2.45, 2.75) is 41.0 Å². The molecule has 0 aliphatic heterocycles. The molecule has 20 heavy (non-hydrogen) atoms. The Kier molecular flexibility index (Phi) is 5.54. The van der Waals surface area contributed by atoms with Crippen LogP contribution in [-0.2, 0) is 19.1 Å². The summed E-state index contributed by atoms with van der Waals surface area (Å²) in [5.74, 6) is -1.13. The van der Waals surface area contributed by atoms with Gasteiger partial charge in [-0.15, -0.1) is 0 Å². The van der Waals surface area contributed by atoms with Crippen LogP contribution in [0.5, 0.6) is 0 Å². The van der Waals surface area contributed by atoms with Gasteiger partial charge in [-0.3, -0.25) is 4.79 Å². The Labute approximate surface area is 120 Å². The van der Waals surface area contributed by atoms with Gasteiger partial charge in [0, 0.05) is 5.57 Å². The zero-order chi connectivity index (χ0) is 15.3. The average Bonchev–Trinajstić information content (AvgIpc) is 2.45. The summed E-state index contributed by atoms with van der Waals surface area (Å²) in [7, 11) is 0. The lowest BCUT2D eigenvalue weighted by Crippen LogP contribution is -2.30. The van der Waals surface area contributed by atoms with E-state index >= 15 is 0 Å². The fourth-order valence-electron chi connectivity index (χ4n) is 2.52. The van der Waals surface area contributed by atoms with E-state index in [1.807, 2.05) is 26.8 Å². The van der Waals surface area contributed by atoms with Crippen molar-refractivity contribution >= 4 is 11.9 Å². The van der Waals surface area contributed by atoms with Crippen molar-refractivity contribution in [2.75, 3.05) is 13.2 Å². The van der Waals surface area contributed by atoms with Gasteiger partial charge in [-0.1, -0.05) is 31.6 Å². The first-order valence-corrected chi connectivity index (χ1v) is 7.04. The summed E-state index contributed by atoms with van der Waals surface area (Å²) in [6.45, 7) is 10.1. The van der Waals surface area contributed by atoms with E-state index in [4.69, 9.17) is 9.47 Å². The molecule has 1 rings (SSSR count). The van der Waals surface area contributed by atoms with Crippen molar-refractivity contribution in [3.8, 4) is 0 Å². The summed E-state index contributed by atoms with van der Waals surface area (Å²) in [5, 5.41) is 0. The van der Waals surface area contributed by atoms with Crippen LogP contribution >= 0.6 is 0 Å². The molecular weight excluding hydrogens is 256 g/mol. The Balaban J connectivity index is 3.17. The van der Waals surface area contributed by atoms with Crippen LogP contribution in [0.1, 0.15) is 41.0 Å². The molecular formula is C16H24O4. The van der Waals surface area contributed by atoms with Crippen molar-refractivity contribution in [1.82, 2.24) is 0 Å². The predicted molar refractivity (Wildman–Crippen MR) is 77.0 cm³/mol. The fourth-order valence-corrected chi connectivity index (χ4v) is 2.52. The monoisotopic (exact) mass is 280 g/mol. The molecule has 0 N–H and O–H groups in total. The molecule has 0 radical (unpaired) electrons. The Morgan fingerprint density at radius 3 is 2.40 bits per heavy atom.